The van der Waals surface area contributed by atoms with Gasteiger partial charge in [0.2, 0.25) is 11.6 Å². The zero-order valence-electron chi connectivity index (χ0n) is 8.97. The number of rotatable bonds is 3. The second-order valence-electron chi connectivity index (χ2n) is 3.40. The number of benzene rings is 2. The number of para-hydroxylation sites is 1. The molecule has 0 bridgehead atoms. The molecular formula is C12H7ClFNO3. The van der Waals surface area contributed by atoms with Crippen LogP contribution in [-0.4, -0.2) is 4.92 Å². The van der Waals surface area contributed by atoms with Crippen LogP contribution in [-0.2, 0) is 0 Å². The van der Waals surface area contributed by atoms with Crippen LogP contribution in [0.25, 0.3) is 0 Å². The Bertz CT molecular complexity index is 586. The maximum absolute atomic E-state index is 13.3. The SMILES string of the molecule is O=[N+]([O-])c1c(F)cccc1Oc1ccc(Cl)cc1. The van der Waals surface area contributed by atoms with E-state index in [1.54, 1.807) is 12.1 Å². The lowest BCUT2D eigenvalue weighted by molar-refractivity contribution is -0.388. The molecule has 2 rings (SSSR count). The molecule has 0 aromatic heterocycles. The Balaban J connectivity index is 2.37. The molecule has 0 atom stereocenters. The molecule has 0 heterocycles. The van der Waals surface area contributed by atoms with E-state index in [4.69, 9.17) is 16.3 Å². The first kappa shape index (κ1) is 12.3. The van der Waals surface area contributed by atoms with Gasteiger partial charge in [-0.3, -0.25) is 10.1 Å². The fraction of sp³-hybridized carbons (Fsp3) is 0. The minimum atomic E-state index is -0.938. The molecule has 92 valence electrons. The summed E-state index contributed by atoms with van der Waals surface area (Å²) in [5.41, 5.74) is -0.688. The minimum absolute atomic E-state index is 0.151. The Morgan fingerprint density at radius 1 is 1.17 bits per heavy atom. The van der Waals surface area contributed by atoms with Crippen molar-refractivity contribution in [3.05, 3.63) is 63.4 Å². The van der Waals surface area contributed by atoms with Gasteiger partial charge in [-0.25, -0.2) is 0 Å². The summed E-state index contributed by atoms with van der Waals surface area (Å²) in [7, 11) is 0. The van der Waals surface area contributed by atoms with Crippen LogP contribution in [0.2, 0.25) is 5.02 Å². The third-order valence-electron chi connectivity index (χ3n) is 2.17. The number of halogens is 2. The van der Waals surface area contributed by atoms with E-state index in [0.29, 0.717) is 10.8 Å². The molecule has 4 nitrogen and oxygen atoms in total. The van der Waals surface area contributed by atoms with E-state index < -0.39 is 16.4 Å². The molecule has 0 saturated carbocycles. The maximum atomic E-state index is 13.3. The highest BCUT2D eigenvalue weighted by atomic mass is 35.5. The summed E-state index contributed by atoms with van der Waals surface area (Å²) in [6.45, 7) is 0. The molecule has 0 aliphatic rings. The summed E-state index contributed by atoms with van der Waals surface area (Å²) in [6, 6.07) is 9.90. The molecule has 0 aliphatic heterocycles. The normalized spacial score (nSPS) is 10.1. The van der Waals surface area contributed by atoms with Gasteiger partial charge in [0.1, 0.15) is 5.75 Å². The molecule has 0 unspecified atom stereocenters. The quantitative estimate of drug-likeness (QED) is 0.619. The second kappa shape index (κ2) is 5.01. The Morgan fingerprint density at radius 3 is 2.44 bits per heavy atom. The molecule has 2 aromatic carbocycles. The van der Waals surface area contributed by atoms with Crippen molar-refractivity contribution >= 4 is 17.3 Å². The largest absolute Gasteiger partial charge is 0.450 e. The van der Waals surface area contributed by atoms with Gasteiger partial charge >= 0.3 is 5.69 Å². The molecule has 2 aromatic rings. The van der Waals surface area contributed by atoms with Crippen LogP contribution in [0.5, 0.6) is 11.5 Å². The van der Waals surface area contributed by atoms with Crippen molar-refractivity contribution in [2.45, 2.75) is 0 Å². The third kappa shape index (κ3) is 2.57. The van der Waals surface area contributed by atoms with Gasteiger partial charge in [-0.05, 0) is 36.4 Å². The lowest BCUT2D eigenvalue weighted by Crippen LogP contribution is -1.96. The van der Waals surface area contributed by atoms with Gasteiger partial charge in [0.25, 0.3) is 0 Å². The Labute approximate surface area is 107 Å². The fourth-order valence-electron chi connectivity index (χ4n) is 1.38. The molecule has 6 heteroatoms. The first-order chi connectivity index (χ1) is 8.58. The first-order valence-electron chi connectivity index (χ1n) is 4.94. The van der Waals surface area contributed by atoms with Gasteiger partial charge in [-0.15, -0.1) is 0 Å². The number of ether oxygens (including phenoxy) is 1. The molecular weight excluding hydrogens is 261 g/mol. The van der Waals surface area contributed by atoms with E-state index >= 15 is 0 Å². The van der Waals surface area contributed by atoms with Crippen LogP contribution in [0, 0.1) is 15.9 Å². The fourth-order valence-corrected chi connectivity index (χ4v) is 1.51. The molecule has 0 radical (unpaired) electrons. The summed E-state index contributed by atoms with van der Waals surface area (Å²) in [6.07, 6.45) is 0. The summed E-state index contributed by atoms with van der Waals surface area (Å²) < 4.78 is 18.6. The van der Waals surface area contributed by atoms with Crippen LogP contribution in [0.1, 0.15) is 0 Å². The predicted molar refractivity (Wildman–Crippen MR) is 64.6 cm³/mol. The average molecular weight is 268 g/mol. The lowest BCUT2D eigenvalue weighted by Gasteiger charge is -2.06. The van der Waals surface area contributed by atoms with Crippen molar-refractivity contribution in [3.8, 4) is 11.5 Å². The molecule has 0 saturated heterocycles. The van der Waals surface area contributed by atoms with E-state index in [-0.39, 0.29) is 5.75 Å². The number of nitro groups is 1. The van der Waals surface area contributed by atoms with Gasteiger partial charge in [0, 0.05) is 5.02 Å². The molecule has 0 spiro atoms. The summed E-state index contributed by atoms with van der Waals surface area (Å²) in [5, 5.41) is 11.3. The van der Waals surface area contributed by atoms with E-state index in [9.17, 15) is 14.5 Å². The van der Waals surface area contributed by atoms with Gasteiger partial charge in [-0.1, -0.05) is 17.7 Å². The van der Waals surface area contributed by atoms with Crippen LogP contribution >= 0.6 is 11.6 Å². The third-order valence-corrected chi connectivity index (χ3v) is 2.43. The van der Waals surface area contributed by atoms with Gasteiger partial charge in [0.15, 0.2) is 0 Å². The van der Waals surface area contributed by atoms with E-state index in [2.05, 4.69) is 0 Å². The molecule has 0 aliphatic carbocycles. The number of hydrogen-bond acceptors (Lipinski definition) is 3. The Kier molecular flexibility index (Phi) is 3.43. The highest BCUT2D eigenvalue weighted by Crippen LogP contribution is 2.33. The zero-order valence-corrected chi connectivity index (χ0v) is 9.73. The predicted octanol–water partition coefficient (Wildman–Crippen LogP) is 4.18. The van der Waals surface area contributed by atoms with Crippen LogP contribution in [0.4, 0.5) is 10.1 Å². The standard InChI is InChI=1S/C12H7ClFNO3/c13-8-4-6-9(7-5-8)18-11-3-1-2-10(14)12(11)15(16)17/h1-7H. The second-order valence-corrected chi connectivity index (χ2v) is 3.84. The Morgan fingerprint density at radius 2 is 1.83 bits per heavy atom. The minimum Gasteiger partial charge on any atom is -0.450 e. The highest BCUT2D eigenvalue weighted by molar-refractivity contribution is 6.30. The van der Waals surface area contributed by atoms with Gasteiger partial charge in [-0.2, -0.15) is 4.39 Å². The van der Waals surface area contributed by atoms with Crippen LogP contribution < -0.4 is 4.74 Å². The molecule has 0 fully saturated rings. The summed E-state index contributed by atoms with van der Waals surface area (Å²) in [4.78, 5) is 9.93. The van der Waals surface area contributed by atoms with Crippen molar-refractivity contribution in [1.82, 2.24) is 0 Å². The van der Waals surface area contributed by atoms with E-state index in [1.807, 2.05) is 0 Å². The zero-order chi connectivity index (χ0) is 13.1. The monoisotopic (exact) mass is 267 g/mol. The Hall–Kier alpha value is -2.14. The van der Waals surface area contributed by atoms with Crippen molar-refractivity contribution < 1.29 is 14.1 Å². The van der Waals surface area contributed by atoms with Gasteiger partial charge in [0.05, 0.1) is 4.92 Å². The lowest BCUT2D eigenvalue weighted by atomic mass is 10.3. The van der Waals surface area contributed by atoms with Crippen LogP contribution in [0.3, 0.4) is 0 Å². The summed E-state index contributed by atoms with van der Waals surface area (Å²) >= 11 is 5.70. The van der Waals surface area contributed by atoms with Crippen molar-refractivity contribution in [2.75, 3.05) is 0 Å². The van der Waals surface area contributed by atoms with Crippen molar-refractivity contribution in [2.24, 2.45) is 0 Å². The first-order valence-corrected chi connectivity index (χ1v) is 5.32. The number of nitrogens with zero attached hydrogens (tertiary/aromatic N) is 1. The van der Waals surface area contributed by atoms with E-state index in [1.165, 1.54) is 24.3 Å². The highest BCUT2D eigenvalue weighted by Gasteiger charge is 2.21. The average Bonchev–Trinajstić information content (AvgIpc) is 2.32. The smallest absolute Gasteiger partial charge is 0.346 e. The van der Waals surface area contributed by atoms with Gasteiger partial charge < -0.3 is 4.74 Å². The number of hydrogen-bond donors (Lipinski definition) is 0. The summed E-state index contributed by atoms with van der Waals surface area (Å²) in [5.74, 6) is -0.748. The van der Waals surface area contributed by atoms with E-state index in [0.717, 1.165) is 6.07 Å². The van der Waals surface area contributed by atoms with Crippen molar-refractivity contribution in [1.29, 1.82) is 0 Å². The van der Waals surface area contributed by atoms with Crippen LogP contribution in [0.15, 0.2) is 42.5 Å². The maximum Gasteiger partial charge on any atom is 0.346 e. The molecule has 0 amide bonds. The van der Waals surface area contributed by atoms with Crippen molar-refractivity contribution in [3.63, 3.8) is 0 Å². The molecule has 0 N–H and O–H groups in total. The topological polar surface area (TPSA) is 52.4 Å². The number of nitro benzene ring substituents is 1. The molecule has 18 heavy (non-hydrogen) atoms.